The molecule has 0 saturated carbocycles. The molecule has 0 aliphatic carbocycles. The predicted molar refractivity (Wildman–Crippen MR) is 125 cm³/mol. The normalized spacial score (nSPS) is 12.0. The minimum absolute atomic E-state index is 0.0975. The molecule has 7 nitrogen and oxygen atoms in total. The first-order chi connectivity index (χ1) is 15.3. The van der Waals surface area contributed by atoms with Crippen LogP contribution in [0.4, 0.5) is 11.4 Å². The summed E-state index contributed by atoms with van der Waals surface area (Å²) in [5.41, 5.74) is 1.82. The highest BCUT2D eigenvalue weighted by Crippen LogP contribution is 2.22. The summed E-state index contributed by atoms with van der Waals surface area (Å²) in [5, 5.41) is 2.77. The molecule has 1 amide bonds. The van der Waals surface area contributed by atoms with Gasteiger partial charge >= 0.3 is 0 Å². The lowest BCUT2D eigenvalue weighted by molar-refractivity contribution is -0.122. The Morgan fingerprint density at radius 1 is 0.938 bits per heavy atom. The van der Waals surface area contributed by atoms with Crippen LogP contribution in [0.3, 0.4) is 0 Å². The topological polar surface area (TPSA) is 93.7 Å². The lowest BCUT2D eigenvalue weighted by Crippen LogP contribution is -2.32. The van der Waals surface area contributed by atoms with Gasteiger partial charge in [0.15, 0.2) is 6.10 Å². The van der Waals surface area contributed by atoms with Gasteiger partial charge in [-0.05, 0) is 73.5 Å². The standard InChI is InChI=1S/C24H26N2O5S/c1-4-23(31-20-13-11-19(30-3)12-14-20)24(27)25-18-9-15-21(16-10-18)32(28,29)26-22-8-6-5-7-17(22)2/h5-16,23,26H,4H2,1-3H3,(H,25,27)/t23-/m1/s1. The Kier molecular flexibility index (Phi) is 7.37. The van der Waals surface area contributed by atoms with E-state index in [1.807, 2.05) is 26.0 Å². The smallest absolute Gasteiger partial charge is 0.265 e. The van der Waals surface area contributed by atoms with Gasteiger partial charge in [-0.25, -0.2) is 8.42 Å². The van der Waals surface area contributed by atoms with E-state index >= 15 is 0 Å². The van der Waals surface area contributed by atoms with Crippen molar-refractivity contribution in [3.8, 4) is 11.5 Å². The highest BCUT2D eigenvalue weighted by atomic mass is 32.2. The number of para-hydroxylation sites is 1. The van der Waals surface area contributed by atoms with Crippen LogP contribution in [0.1, 0.15) is 18.9 Å². The average molecular weight is 455 g/mol. The molecule has 8 heteroatoms. The Morgan fingerprint density at radius 2 is 1.56 bits per heavy atom. The predicted octanol–water partition coefficient (Wildman–Crippen LogP) is 4.60. The first kappa shape index (κ1) is 23.1. The Labute approximate surface area is 188 Å². The molecule has 0 aromatic heterocycles. The van der Waals surface area contributed by atoms with E-state index in [4.69, 9.17) is 9.47 Å². The maximum atomic E-state index is 12.7. The lowest BCUT2D eigenvalue weighted by Gasteiger charge is -2.17. The van der Waals surface area contributed by atoms with Crippen LogP contribution < -0.4 is 19.5 Å². The molecule has 0 aliphatic heterocycles. The molecular weight excluding hydrogens is 428 g/mol. The Bertz CT molecular complexity index is 1160. The number of anilines is 2. The van der Waals surface area contributed by atoms with Gasteiger partial charge < -0.3 is 14.8 Å². The van der Waals surface area contributed by atoms with Gasteiger partial charge in [-0.15, -0.1) is 0 Å². The fourth-order valence-electron chi connectivity index (χ4n) is 2.97. The van der Waals surface area contributed by atoms with Gasteiger partial charge in [-0.1, -0.05) is 25.1 Å². The molecule has 1 atom stereocenters. The summed E-state index contributed by atoms with van der Waals surface area (Å²) in [4.78, 5) is 12.7. The third-order valence-corrected chi connectivity index (χ3v) is 6.20. The van der Waals surface area contributed by atoms with Crippen molar-refractivity contribution in [2.24, 2.45) is 0 Å². The van der Waals surface area contributed by atoms with Crippen LogP contribution in [0.2, 0.25) is 0 Å². The van der Waals surface area contributed by atoms with E-state index in [0.29, 0.717) is 29.3 Å². The molecule has 3 aromatic carbocycles. The molecule has 0 spiro atoms. The van der Waals surface area contributed by atoms with Crippen LogP contribution in [-0.2, 0) is 14.8 Å². The first-order valence-electron chi connectivity index (χ1n) is 10.1. The summed E-state index contributed by atoms with van der Waals surface area (Å²) in [6, 6.07) is 20.1. The molecule has 0 heterocycles. The number of methoxy groups -OCH3 is 1. The zero-order chi connectivity index (χ0) is 23.1. The summed E-state index contributed by atoms with van der Waals surface area (Å²) in [7, 11) is -2.17. The number of carbonyl (C=O) groups is 1. The van der Waals surface area contributed by atoms with Crippen LogP contribution in [0, 0.1) is 6.92 Å². The molecule has 3 aromatic rings. The second kappa shape index (κ2) is 10.2. The monoisotopic (exact) mass is 454 g/mol. The van der Waals surface area contributed by atoms with Crippen molar-refractivity contribution in [2.75, 3.05) is 17.1 Å². The van der Waals surface area contributed by atoms with Crippen LogP contribution in [-0.4, -0.2) is 27.5 Å². The van der Waals surface area contributed by atoms with Gasteiger partial charge in [0.1, 0.15) is 11.5 Å². The fraction of sp³-hybridized carbons (Fsp3) is 0.208. The maximum absolute atomic E-state index is 12.7. The SMILES string of the molecule is CC[C@@H](Oc1ccc(OC)cc1)C(=O)Nc1ccc(S(=O)(=O)Nc2ccccc2C)cc1. The van der Waals surface area contributed by atoms with E-state index in [-0.39, 0.29) is 10.8 Å². The molecule has 32 heavy (non-hydrogen) atoms. The number of amides is 1. The van der Waals surface area contributed by atoms with Gasteiger partial charge in [0.25, 0.3) is 15.9 Å². The molecule has 2 N–H and O–H groups in total. The minimum Gasteiger partial charge on any atom is -0.497 e. The van der Waals surface area contributed by atoms with Gasteiger partial charge in [0.2, 0.25) is 0 Å². The average Bonchev–Trinajstić information content (AvgIpc) is 2.79. The van der Waals surface area contributed by atoms with Crippen molar-refractivity contribution < 1.29 is 22.7 Å². The summed E-state index contributed by atoms with van der Waals surface area (Å²) in [6.45, 7) is 3.68. The van der Waals surface area contributed by atoms with E-state index in [9.17, 15) is 13.2 Å². The molecule has 0 radical (unpaired) electrons. The van der Waals surface area contributed by atoms with E-state index in [2.05, 4.69) is 10.0 Å². The zero-order valence-electron chi connectivity index (χ0n) is 18.2. The number of carbonyl (C=O) groups excluding carboxylic acids is 1. The number of hydrogen-bond donors (Lipinski definition) is 2. The van der Waals surface area contributed by atoms with Crippen LogP contribution in [0.25, 0.3) is 0 Å². The highest BCUT2D eigenvalue weighted by Gasteiger charge is 2.20. The number of rotatable bonds is 9. The van der Waals surface area contributed by atoms with Gasteiger partial charge in [-0.2, -0.15) is 0 Å². The summed E-state index contributed by atoms with van der Waals surface area (Å²) >= 11 is 0. The minimum atomic E-state index is -3.75. The van der Waals surface area contributed by atoms with E-state index in [1.165, 1.54) is 12.1 Å². The van der Waals surface area contributed by atoms with Gasteiger partial charge in [-0.3, -0.25) is 9.52 Å². The summed E-state index contributed by atoms with van der Waals surface area (Å²) < 4.78 is 38.8. The number of ether oxygens (including phenoxy) is 2. The maximum Gasteiger partial charge on any atom is 0.265 e. The van der Waals surface area contributed by atoms with Crippen molar-refractivity contribution in [3.63, 3.8) is 0 Å². The third kappa shape index (κ3) is 5.79. The number of nitrogens with one attached hydrogen (secondary N) is 2. The number of benzene rings is 3. The van der Waals surface area contributed by atoms with Crippen molar-refractivity contribution in [3.05, 3.63) is 78.4 Å². The Balaban J connectivity index is 1.65. The molecule has 0 unspecified atom stereocenters. The highest BCUT2D eigenvalue weighted by molar-refractivity contribution is 7.92. The van der Waals surface area contributed by atoms with E-state index in [0.717, 1.165) is 5.56 Å². The number of aryl methyl sites for hydroxylation is 1. The van der Waals surface area contributed by atoms with Crippen molar-refractivity contribution >= 4 is 27.3 Å². The molecule has 0 aliphatic rings. The fourth-order valence-corrected chi connectivity index (χ4v) is 4.10. The largest absolute Gasteiger partial charge is 0.497 e. The summed E-state index contributed by atoms with van der Waals surface area (Å²) in [6.07, 6.45) is -0.237. The second-order valence-electron chi connectivity index (χ2n) is 7.12. The lowest BCUT2D eigenvalue weighted by atomic mass is 10.2. The van der Waals surface area contributed by atoms with Crippen molar-refractivity contribution in [1.29, 1.82) is 0 Å². The first-order valence-corrected chi connectivity index (χ1v) is 11.6. The van der Waals surface area contributed by atoms with Crippen LogP contribution in [0.15, 0.2) is 77.7 Å². The number of hydrogen-bond acceptors (Lipinski definition) is 5. The van der Waals surface area contributed by atoms with E-state index < -0.39 is 16.1 Å². The van der Waals surface area contributed by atoms with E-state index in [1.54, 1.807) is 55.6 Å². The molecular formula is C24H26N2O5S. The quantitative estimate of drug-likeness (QED) is 0.493. The van der Waals surface area contributed by atoms with Gasteiger partial charge in [0.05, 0.1) is 17.7 Å². The number of sulfonamides is 1. The summed E-state index contributed by atoms with van der Waals surface area (Å²) in [5.74, 6) is 0.926. The van der Waals surface area contributed by atoms with Crippen molar-refractivity contribution in [1.82, 2.24) is 0 Å². The van der Waals surface area contributed by atoms with Crippen LogP contribution in [0.5, 0.6) is 11.5 Å². The molecule has 0 fully saturated rings. The molecule has 0 bridgehead atoms. The van der Waals surface area contributed by atoms with Crippen molar-refractivity contribution in [2.45, 2.75) is 31.3 Å². The van der Waals surface area contributed by atoms with Gasteiger partial charge in [0, 0.05) is 5.69 Å². The van der Waals surface area contributed by atoms with Crippen LogP contribution >= 0.6 is 0 Å². The molecule has 3 rings (SSSR count). The third-order valence-electron chi connectivity index (χ3n) is 4.82. The second-order valence-corrected chi connectivity index (χ2v) is 8.81. The Morgan fingerprint density at radius 3 is 2.16 bits per heavy atom. The Hall–Kier alpha value is -3.52. The molecule has 0 saturated heterocycles. The molecule has 168 valence electrons. The zero-order valence-corrected chi connectivity index (χ0v) is 19.0.